The number of amides is 1. The van der Waals surface area contributed by atoms with Crippen LogP contribution in [0, 0.1) is 12.7 Å². The highest BCUT2D eigenvalue weighted by molar-refractivity contribution is 6.10. The number of aryl methyl sites for hydroxylation is 1. The van der Waals surface area contributed by atoms with Crippen molar-refractivity contribution < 1.29 is 13.9 Å². The smallest absolute Gasteiger partial charge is 0.260 e. The van der Waals surface area contributed by atoms with Crippen LogP contribution in [0.2, 0.25) is 0 Å². The predicted molar refractivity (Wildman–Crippen MR) is 118 cm³/mol. The molecule has 2 aromatic heterocycles. The number of hydrogen-bond acceptors (Lipinski definition) is 7. The third kappa shape index (κ3) is 3.34. The summed E-state index contributed by atoms with van der Waals surface area (Å²) in [5.41, 5.74) is 8.54. The summed E-state index contributed by atoms with van der Waals surface area (Å²) in [6.07, 6.45) is 2.39. The van der Waals surface area contributed by atoms with E-state index >= 15 is 0 Å². The van der Waals surface area contributed by atoms with E-state index < -0.39 is 5.82 Å². The van der Waals surface area contributed by atoms with Gasteiger partial charge in [0, 0.05) is 48.2 Å². The molecule has 1 aromatic carbocycles. The normalized spacial score (nSPS) is 17.8. The summed E-state index contributed by atoms with van der Waals surface area (Å²) in [6, 6.07) is 8.13. The number of ether oxygens (including phenoxy) is 1. The largest absolute Gasteiger partial charge is 0.496 e. The summed E-state index contributed by atoms with van der Waals surface area (Å²) in [7, 11) is 1.48. The van der Waals surface area contributed by atoms with E-state index in [1.165, 1.54) is 19.4 Å². The second kappa shape index (κ2) is 7.83. The minimum atomic E-state index is -0.457. The van der Waals surface area contributed by atoms with Crippen LogP contribution in [0.3, 0.4) is 0 Å². The first kappa shape index (κ1) is 20.3. The summed E-state index contributed by atoms with van der Waals surface area (Å²) in [6.45, 7) is 3.55. The van der Waals surface area contributed by atoms with Gasteiger partial charge in [0.05, 0.1) is 24.9 Å². The minimum Gasteiger partial charge on any atom is -0.496 e. The van der Waals surface area contributed by atoms with Crippen LogP contribution in [0.25, 0.3) is 11.3 Å². The van der Waals surface area contributed by atoms with Gasteiger partial charge < -0.3 is 15.4 Å². The van der Waals surface area contributed by atoms with Crippen molar-refractivity contribution in [2.24, 2.45) is 5.73 Å². The van der Waals surface area contributed by atoms with Crippen molar-refractivity contribution in [2.45, 2.75) is 25.9 Å². The molecule has 2 N–H and O–H groups in total. The van der Waals surface area contributed by atoms with E-state index in [9.17, 15) is 9.18 Å². The number of nitrogens with two attached hydrogens (primary N) is 1. The Hall–Kier alpha value is -3.59. The highest BCUT2D eigenvalue weighted by Crippen LogP contribution is 2.38. The lowest BCUT2D eigenvalue weighted by Crippen LogP contribution is -2.29. The maximum atomic E-state index is 14.8. The first-order valence-corrected chi connectivity index (χ1v) is 10.4. The first-order chi connectivity index (χ1) is 15.5. The Morgan fingerprint density at radius 1 is 1.25 bits per heavy atom. The van der Waals surface area contributed by atoms with Gasteiger partial charge >= 0.3 is 0 Å². The van der Waals surface area contributed by atoms with Crippen molar-refractivity contribution in [3.63, 3.8) is 0 Å². The van der Waals surface area contributed by atoms with E-state index in [2.05, 4.69) is 15.0 Å². The summed E-state index contributed by atoms with van der Waals surface area (Å²) in [5, 5.41) is 0. The molecular weight excluding hydrogens is 411 g/mol. The van der Waals surface area contributed by atoms with E-state index in [0.29, 0.717) is 40.9 Å². The Kier molecular flexibility index (Phi) is 4.97. The number of pyridine rings is 1. The number of halogens is 1. The van der Waals surface area contributed by atoms with Crippen molar-refractivity contribution in [3.8, 4) is 17.0 Å². The molecule has 8 nitrogen and oxygen atoms in total. The molecule has 2 aliphatic heterocycles. The van der Waals surface area contributed by atoms with Crippen molar-refractivity contribution in [2.75, 3.05) is 30.0 Å². The molecular formula is C23H23FN6O2. The van der Waals surface area contributed by atoms with Crippen LogP contribution < -0.4 is 20.3 Å². The maximum Gasteiger partial charge on any atom is 0.260 e. The molecule has 0 spiro atoms. The monoisotopic (exact) mass is 434 g/mol. The standard InChI is InChI=1S/C23H23FN6O2/c1-13-10-19(28-23(27-13)29-9-7-14(25)11-29)30-12-16-15(22(30)31)6-8-26-21(16)20-17(24)4-3-5-18(20)32-2/h3-6,8,10,14H,7,9,11-12,25H2,1-2H3. The number of nitrogens with zero attached hydrogens (tertiary/aromatic N) is 5. The summed E-state index contributed by atoms with van der Waals surface area (Å²) in [5.74, 6) is 0.761. The fraction of sp³-hybridized carbons (Fsp3) is 0.304. The molecule has 3 aromatic rings. The van der Waals surface area contributed by atoms with Crippen LogP contribution in [0.1, 0.15) is 28.0 Å². The Bertz CT molecular complexity index is 1220. The molecule has 1 saturated heterocycles. The molecule has 164 valence electrons. The van der Waals surface area contributed by atoms with Gasteiger partial charge in [0.15, 0.2) is 0 Å². The number of fused-ring (bicyclic) bond motifs is 1. The summed E-state index contributed by atoms with van der Waals surface area (Å²) in [4.78, 5) is 30.5. The van der Waals surface area contributed by atoms with Gasteiger partial charge in [-0.2, -0.15) is 4.98 Å². The molecule has 0 aliphatic carbocycles. The number of aromatic nitrogens is 3. The van der Waals surface area contributed by atoms with Gasteiger partial charge in [0.1, 0.15) is 17.4 Å². The number of carbonyl (C=O) groups is 1. The van der Waals surface area contributed by atoms with Gasteiger partial charge in [-0.3, -0.25) is 14.7 Å². The lowest BCUT2D eigenvalue weighted by Gasteiger charge is -2.20. The van der Waals surface area contributed by atoms with Gasteiger partial charge in [-0.25, -0.2) is 9.37 Å². The fourth-order valence-corrected chi connectivity index (χ4v) is 4.32. The van der Waals surface area contributed by atoms with E-state index in [-0.39, 0.29) is 24.1 Å². The average Bonchev–Trinajstić information content (AvgIpc) is 3.37. The van der Waals surface area contributed by atoms with Crippen molar-refractivity contribution >= 4 is 17.7 Å². The zero-order valence-corrected chi connectivity index (χ0v) is 17.9. The number of benzene rings is 1. The van der Waals surface area contributed by atoms with Gasteiger partial charge in [-0.1, -0.05) is 6.07 Å². The quantitative estimate of drug-likeness (QED) is 0.674. The van der Waals surface area contributed by atoms with Crippen LogP contribution in [-0.4, -0.2) is 47.1 Å². The molecule has 32 heavy (non-hydrogen) atoms. The minimum absolute atomic E-state index is 0.0876. The van der Waals surface area contributed by atoms with Crippen molar-refractivity contribution in [3.05, 3.63) is 59.2 Å². The lowest BCUT2D eigenvalue weighted by atomic mass is 10.0. The molecule has 5 rings (SSSR count). The third-order valence-electron chi connectivity index (χ3n) is 5.89. The molecule has 1 amide bonds. The number of hydrogen-bond donors (Lipinski definition) is 1. The summed E-state index contributed by atoms with van der Waals surface area (Å²) < 4.78 is 20.1. The SMILES string of the molecule is COc1cccc(F)c1-c1nccc2c1CN(c1cc(C)nc(N3CCC(N)C3)n1)C2=O. The molecule has 1 atom stereocenters. The molecule has 9 heteroatoms. The van der Waals surface area contributed by atoms with E-state index in [4.69, 9.17) is 10.5 Å². The Morgan fingerprint density at radius 2 is 2.09 bits per heavy atom. The van der Waals surface area contributed by atoms with Gasteiger partial charge in [0.25, 0.3) is 5.91 Å². The highest BCUT2D eigenvalue weighted by Gasteiger charge is 2.34. The van der Waals surface area contributed by atoms with Gasteiger partial charge in [0.2, 0.25) is 5.95 Å². The Labute approximate surface area is 184 Å². The van der Waals surface area contributed by atoms with Crippen molar-refractivity contribution in [1.29, 1.82) is 0 Å². The van der Waals surface area contributed by atoms with Gasteiger partial charge in [-0.05, 0) is 31.5 Å². The second-order valence-electron chi connectivity index (χ2n) is 8.06. The van der Waals surface area contributed by atoms with Crippen LogP contribution >= 0.6 is 0 Å². The van der Waals surface area contributed by atoms with Crippen LogP contribution in [0.15, 0.2) is 36.5 Å². The molecule has 4 heterocycles. The van der Waals surface area contributed by atoms with Gasteiger partial charge in [-0.15, -0.1) is 0 Å². The second-order valence-corrected chi connectivity index (χ2v) is 8.06. The van der Waals surface area contributed by atoms with E-state index in [1.54, 1.807) is 29.2 Å². The van der Waals surface area contributed by atoms with E-state index in [0.717, 1.165) is 18.7 Å². The number of anilines is 2. The Balaban J connectivity index is 1.55. The van der Waals surface area contributed by atoms with Crippen LogP contribution in [0.4, 0.5) is 16.2 Å². The molecule has 0 bridgehead atoms. The third-order valence-corrected chi connectivity index (χ3v) is 5.89. The molecule has 1 unspecified atom stereocenters. The number of methoxy groups -OCH3 is 1. The zero-order valence-electron chi connectivity index (χ0n) is 17.9. The molecule has 2 aliphatic rings. The Morgan fingerprint density at radius 3 is 2.84 bits per heavy atom. The lowest BCUT2D eigenvalue weighted by molar-refractivity contribution is 0.0996. The molecule has 0 saturated carbocycles. The number of rotatable bonds is 4. The fourth-order valence-electron chi connectivity index (χ4n) is 4.32. The number of carbonyl (C=O) groups excluding carboxylic acids is 1. The van der Waals surface area contributed by atoms with Crippen LogP contribution in [0.5, 0.6) is 5.75 Å². The van der Waals surface area contributed by atoms with Crippen LogP contribution in [-0.2, 0) is 6.54 Å². The maximum absolute atomic E-state index is 14.8. The first-order valence-electron chi connectivity index (χ1n) is 10.4. The highest BCUT2D eigenvalue weighted by atomic mass is 19.1. The van der Waals surface area contributed by atoms with E-state index in [1.807, 2.05) is 11.8 Å². The topological polar surface area (TPSA) is 97.5 Å². The molecule has 0 radical (unpaired) electrons. The zero-order chi connectivity index (χ0) is 22.4. The predicted octanol–water partition coefficient (Wildman–Crippen LogP) is 2.69. The van der Waals surface area contributed by atoms with Crippen molar-refractivity contribution in [1.82, 2.24) is 15.0 Å². The molecule has 1 fully saturated rings. The summed E-state index contributed by atoms with van der Waals surface area (Å²) >= 11 is 0. The average molecular weight is 434 g/mol.